The van der Waals surface area contributed by atoms with Crippen LogP contribution < -0.4 is 10.1 Å². The molecule has 1 aromatic heterocycles. The summed E-state index contributed by atoms with van der Waals surface area (Å²) in [6.45, 7) is 3.78. The van der Waals surface area contributed by atoms with Crippen LogP contribution in [0.2, 0.25) is 0 Å². The van der Waals surface area contributed by atoms with Gasteiger partial charge in [0, 0.05) is 5.56 Å². The molecule has 6 heteroatoms. The summed E-state index contributed by atoms with van der Waals surface area (Å²) >= 11 is 0. The number of benzene rings is 1. The summed E-state index contributed by atoms with van der Waals surface area (Å²) in [4.78, 5) is 12.2. The van der Waals surface area contributed by atoms with Crippen LogP contribution in [0.5, 0.6) is 5.75 Å². The topological polar surface area (TPSA) is 87.2 Å². The molecule has 3 N–H and O–H groups in total. The van der Waals surface area contributed by atoms with E-state index < -0.39 is 0 Å². The summed E-state index contributed by atoms with van der Waals surface area (Å²) in [6, 6.07) is 8.85. The number of aliphatic hydroxyl groups is 1. The molecule has 0 spiro atoms. The van der Waals surface area contributed by atoms with Gasteiger partial charge in [0.2, 0.25) is 0 Å². The average Bonchev–Trinajstić information content (AvgIpc) is 3.01. The van der Waals surface area contributed by atoms with Crippen molar-refractivity contribution in [1.29, 1.82) is 0 Å². The summed E-state index contributed by atoms with van der Waals surface area (Å²) in [5.41, 5.74) is 1.79. The van der Waals surface area contributed by atoms with Gasteiger partial charge >= 0.3 is 0 Å². The fraction of sp³-hybridized carbons (Fsp3) is 0.375. The molecule has 1 atom stereocenters. The van der Waals surface area contributed by atoms with Crippen LogP contribution in [0, 0.1) is 5.92 Å². The van der Waals surface area contributed by atoms with Gasteiger partial charge in [-0.15, -0.1) is 0 Å². The quantitative estimate of drug-likeness (QED) is 0.760. The standard InChI is InChI=1S/C16H21N3O3/c1-10(2)14(9-20)17-16(21)13-8-12(18-19-13)11-6-4-5-7-15(11)22-3/h4-8,10,14,20H,9H2,1-3H3,(H,17,21)(H,18,19)/t14-/m0/s1. The molecule has 0 aliphatic carbocycles. The highest BCUT2D eigenvalue weighted by Crippen LogP contribution is 2.28. The molecule has 0 fully saturated rings. The smallest absolute Gasteiger partial charge is 0.269 e. The van der Waals surface area contributed by atoms with E-state index >= 15 is 0 Å². The van der Waals surface area contributed by atoms with Crippen molar-refractivity contribution in [2.45, 2.75) is 19.9 Å². The number of nitrogens with zero attached hydrogens (tertiary/aromatic N) is 1. The van der Waals surface area contributed by atoms with Crippen LogP contribution in [-0.4, -0.2) is 41.0 Å². The highest BCUT2D eigenvalue weighted by Gasteiger charge is 2.18. The van der Waals surface area contributed by atoms with Crippen molar-refractivity contribution in [3.05, 3.63) is 36.0 Å². The van der Waals surface area contributed by atoms with Crippen LogP contribution in [0.1, 0.15) is 24.3 Å². The van der Waals surface area contributed by atoms with Crippen LogP contribution >= 0.6 is 0 Å². The number of carbonyl (C=O) groups is 1. The third-order valence-electron chi connectivity index (χ3n) is 3.52. The average molecular weight is 303 g/mol. The van der Waals surface area contributed by atoms with E-state index in [0.29, 0.717) is 17.1 Å². The van der Waals surface area contributed by atoms with Crippen molar-refractivity contribution in [2.24, 2.45) is 5.92 Å². The first kappa shape index (κ1) is 16.0. The summed E-state index contributed by atoms with van der Waals surface area (Å²) in [5, 5.41) is 19.0. The van der Waals surface area contributed by atoms with E-state index in [1.54, 1.807) is 13.2 Å². The first-order valence-corrected chi connectivity index (χ1v) is 7.17. The zero-order valence-corrected chi connectivity index (χ0v) is 13.0. The van der Waals surface area contributed by atoms with Gasteiger partial charge in [-0.25, -0.2) is 0 Å². The molecular weight excluding hydrogens is 282 g/mol. The maximum atomic E-state index is 12.2. The molecule has 0 bridgehead atoms. The highest BCUT2D eigenvalue weighted by atomic mass is 16.5. The van der Waals surface area contributed by atoms with Gasteiger partial charge in [0.25, 0.3) is 5.91 Å². The maximum absolute atomic E-state index is 12.2. The van der Waals surface area contributed by atoms with Crippen molar-refractivity contribution in [3.8, 4) is 17.0 Å². The van der Waals surface area contributed by atoms with Gasteiger partial charge in [-0.1, -0.05) is 26.0 Å². The van der Waals surface area contributed by atoms with Gasteiger partial charge in [0.1, 0.15) is 11.4 Å². The van der Waals surface area contributed by atoms with E-state index in [1.807, 2.05) is 38.1 Å². The number of H-pyrrole nitrogens is 1. The first-order chi connectivity index (χ1) is 10.6. The van der Waals surface area contributed by atoms with E-state index in [-0.39, 0.29) is 24.5 Å². The van der Waals surface area contributed by atoms with Gasteiger partial charge in [-0.3, -0.25) is 9.89 Å². The Labute approximate surface area is 129 Å². The molecule has 0 saturated carbocycles. The number of hydrogen-bond donors (Lipinski definition) is 3. The number of ether oxygens (including phenoxy) is 1. The van der Waals surface area contributed by atoms with E-state index in [4.69, 9.17) is 4.74 Å². The molecule has 0 radical (unpaired) electrons. The largest absolute Gasteiger partial charge is 0.496 e. The molecule has 0 aliphatic rings. The lowest BCUT2D eigenvalue weighted by molar-refractivity contribution is 0.0892. The van der Waals surface area contributed by atoms with E-state index in [1.165, 1.54) is 0 Å². The van der Waals surface area contributed by atoms with Crippen LogP contribution in [0.15, 0.2) is 30.3 Å². The Hall–Kier alpha value is -2.34. The Morgan fingerprint density at radius 3 is 2.77 bits per heavy atom. The van der Waals surface area contributed by atoms with Crippen LogP contribution in [0.3, 0.4) is 0 Å². The second-order valence-corrected chi connectivity index (χ2v) is 5.37. The number of methoxy groups -OCH3 is 1. The number of carbonyl (C=O) groups excluding carboxylic acids is 1. The van der Waals surface area contributed by atoms with Gasteiger partial charge < -0.3 is 15.2 Å². The lowest BCUT2D eigenvalue weighted by Crippen LogP contribution is -2.41. The minimum atomic E-state index is -0.290. The summed E-state index contributed by atoms with van der Waals surface area (Å²) in [6.07, 6.45) is 0. The SMILES string of the molecule is COc1ccccc1-c1cc(C(=O)N[C@@H](CO)C(C)C)[nH]n1. The third-order valence-corrected chi connectivity index (χ3v) is 3.52. The summed E-state index contributed by atoms with van der Waals surface area (Å²) in [5.74, 6) is 0.545. The first-order valence-electron chi connectivity index (χ1n) is 7.17. The van der Waals surface area contributed by atoms with Crippen LogP contribution in [0.4, 0.5) is 0 Å². The predicted molar refractivity (Wildman–Crippen MR) is 83.8 cm³/mol. The molecule has 1 amide bonds. The number of aromatic amines is 1. The fourth-order valence-electron chi connectivity index (χ4n) is 2.10. The minimum absolute atomic E-state index is 0.100. The monoisotopic (exact) mass is 303 g/mol. The molecule has 0 saturated heterocycles. The second-order valence-electron chi connectivity index (χ2n) is 5.37. The Balaban J connectivity index is 2.19. The summed E-state index contributed by atoms with van der Waals surface area (Å²) in [7, 11) is 1.59. The molecule has 0 aliphatic heterocycles. The Morgan fingerprint density at radius 1 is 1.41 bits per heavy atom. The van der Waals surface area contributed by atoms with Gasteiger partial charge in [-0.05, 0) is 24.1 Å². The number of aromatic nitrogens is 2. The van der Waals surface area contributed by atoms with Gasteiger partial charge in [0.15, 0.2) is 0 Å². The second kappa shape index (κ2) is 7.09. The molecule has 2 rings (SSSR count). The van der Waals surface area contributed by atoms with E-state index in [9.17, 15) is 9.90 Å². The zero-order valence-electron chi connectivity index (χ0n) is 13.0. The highest BCUT2D eigenvalue weighted by molar-refractivity contribution is 5.93. The molecule has 6 nitrogen and oxygen atoms in total. The normalized spacial score (nSPS) is 12.2. The number of rotatable bonds is 6. The molecule has 22 heavy (non-hydrogen) atoms. The van der Waals surface area contributed by atoms with E-state index in [2.05, 4.69) is 15.5 Å². The van der Waals surface area contributed by atoms with Crippen LogP contribution in [-0.2, 0) is 0 Å². The fourth-order valence-corrected chi connectivity index (χ4v) is 2.10. The van der Waals surface area contributed by atoms with Crippen molar-refractivity contribution >= 4 is 5.91 Å². The molecule has 1 heterocycles. The molecule has 118 valence electrons. The number of hydrogen-bond acceptors (Lipinski definition) is 4. The minimum Gasteiger partial charge on any atom is -0.496 e. The molecule has 0 unspecified atom stereocenters. The Kier molecular flexibility index (Phi) is 5.16. The predicted octanol–water partition coefficient (Wildman–Crippen LogP) is 1.83. The van der Waals surface area contributed by atoms with Gasteiger partial charge in [0.05, 0.1) is 25.5 Å². The van der Waals surface area contributed by atoms with Crippen molar-refractivity contribution in [1.82, 2.24) is 15.5 Å². The van der Waals surface area contributed by atoms with E-state index in [0.717, 1.165) is 5.56 Å². The van der Waals surface area contributed by atoms with Gasteiger partial charge in [-0.2, -0.15) is 5.10 Å². The zero-order chi connectivity index (χ0) is 16.1. The molecular formula is C16H21N3O3. The Bertz CT molecular complexity index is 637. The number of para-hydroxylation sites is 1. The molecule has 1 aromatic carbocycles. The lowest BCUT2D eigenvalue weighted by Gasteiger charge is -2.19. The number of amides is 1. The lowest BCUT2D eigenvalue weighted by atomic mass is 10.1. The Morgan fingerprint density at radius 2 is 2.14 bits per heavy atom. The third kappa shape index (κ3) is 3.46. The summed E-state index contributed by atoms with van der Waals surface area (Å²) < 4.78 is 5.30. The maximum Gasteiger partial charge on any atom is 0.269 e. The van der Waals surface area contributed by atoms with Crippen molar-refractivity contribution in [3.63, 3.8) is 0 Å². The number of aliphatic hydroxyl groups excluding tert-OH is 1. The van der Waals surface area contributed by atoms with Crippen LogP contribution in [0.25, 0.3) is 11.3 Å². The van der Waals surface area contributed by atoms with Crippen molar-refractivity contribution in [2.75, 3.05) is 13.7 Å². The molecule has 2 aromatic rings. The number of nitrogens with one attached hydrogen (secondary N) is 2. The van der Waals surface area contributed by atoms with Crippen molar-refractivity contribution < 1.29 is 14.6 Å².